The van der Waals surface area contributed by atoms with E-state index in [1.54, 1.807) is 153 Å². The Bertz CT molecular complexity index is 6880. The number of methoxy groups -OCH3 is 1. The summed E-state index contributed by atoms with van der Waals surface area (Å²) in [4.78, 5) is 83.6. The van der Waals surface area contributed by atoms with E-state index < -0.39 is 41.4 Å². The first-order valence-corrected chi connectivity index (χ1v) is 48.7. The van der Waals surface area contributed by atoms with E-state index in [2.05, 4.69) is 164 Å². The molecule has 46 heteroatoms. The summed E-state index contributed by atoms with van der Waals surface area (Å²) in [5.74, 6) is -1.11. The van der Waals surface area contributed by atoms with Gasteiger partial charge in [-0.25, -0.2) is 41.7 Å². The lowest BCUT2D eigenvalue weighted by molar-refractivity contribution is -0.122. The monoisotopic (exact) mass is 2440 g/mol. The van der Waals surface area contributed by atoms with E-state index in [1.807, 2.05) is 52.8 Å². The van der Waals surface area contributed by atoms with Crippen LogP contribution >= 0.6 is 130 Å². The number of hydrogen-bond donors (Lipinski definition) is 15. The van der Waals surface area contributed by atoms with Gasteiger partial charge >= 0.3 is 6.03 Å². The molecule has 0 unspecified atom stereocenters. The highest BCUT2D eigenvalue weighted by Crippen LogP contribution is 2.43. The molecule has 13 rings (SSSR count). The van der Waals surface area contributed by atoms with Gasteiger partial charge in [-0.05, 0) is 249 Å². The summed E-state index contributed by atoms with van der Waals surface area (Å²) >= 11 is 37.8. The molecule has 12 aromatic carbocycles. The number of rotatable bonds is 29. The van der Waals surface area contributed by atoms with Crippen LogP contribution in [-0.4, -0.2) is 168 Å². The molecule has 8 amide bonds. The van der Waals surface area contributed by atoms with Gasteiger partial charge in [0.15, 0.2) is 87.1 Å². The van der Waals surface area contributed by atoms with Gasteiger partial charge in [0.05, 0.1) is 97.6 Å². The van der Waals surface area contributed by atoms with Gasteiger partial charge in [0.1, 0.15) is 24.8 Å². The summed E-state index contributed by atoms with van der Waals surface area (Å²) in [6.07, 6.45) is 7.64. The SMILES string of the molecule is CCOc1cc(Br)cc(/C=N/NC(=O)c2ccc(F)cc2)c1O.CCOc1cc(Br)cc(/C=N/NC(=O)c2ccc3c(c2)OCCO3)c1O.CCOc1cc(Br)cc(/C=N/NC(=O)c2ccccc2N)c1O.CCOc1cc(Cl)c(Cl)c(/C=N/NC(=O)NC(=O)COc2c(C)ccc(C)c2C)c1O.COc1cc(Br)c(Br)c(/C=N/NC(=O)c2ccc(Cl)cc2)c1O.O=C(N/N=C/c1cccc(O)c1O)c1cccc(Br)c1. The van der Waals surface area contributed by atoms with Crippen LogP contribution in [0.25, 0.3) is 0 Å². The molecule has 36 nitrogen and oxygen atoms in total. The van der Waals surface area contributed by atoms with Crippen molar-refractivity contribution >= 4 is 215 Å². The highest BCUT2D eigenvalue weighted by molar-refractivity contribution is 9.13. The third-order valence-corrected chi connectivity index (χ3v) is 24.0. The van der Waals surface area contributed by atoms with E-state index in [9.17, 15) is 73.7 Å². The number of nitrogens with one attached hydrogen (secondary N) is 7. The van der Waals surface area contributed by atoms with Gasteiger partial charge in [-0.15, -0.1) is 0 Å². The van der Waals surface area contributed by atoms with Crippen molar-refractivity contribution in [1.29, 1.82) is 0 Å². The fourth-order valence-corrected chi connectivity index (χ4v) is 15.0. The number of carbonyl (C=O) groups excluding carboxylic acids is 7. The average molecular weight is 2450 g/mol. The first-order chi connectivity index (χ1) is 69.8. The number of carbonyl (C=O) groups is 7. The van der Waals surface area contributed by atoms with Gasteiger partial charge in [0, 0.05) is 88.1 Å². The first kappa shape index (κ1) is 117. The van der Waals surface area contributed by atoms with Crippen molar-refractivity contribution in [2.45, 2.75) is 48.5 Å². The lowest BCUT2D eigenvalue weighted by Crippen LogP contribution is -2.39. The van der Waals surface area contributed by atoms with Crippen molar-refractivity contribution in [3.63, 3.8) is 0 Å². The molecule has 0 spiro atoms. The number of aromatic hydroxyl groups is 7. The Balaban J connectivity index is 0.000000215. The maximum atomic E-state index is 12.8. The summed E-state index contributed by atoms with van der Waals surface area (Å²) in [7, 11) is 1.44. The van der Waals surface area contributed by atoms with Crippen LogP contribution in [0.15, 0.2) is 252 Å². The van der Waals surface area contributed by atoms with Gasteiger partial charge in [-0.3, -0.25) is 34.1 Å². The Labute approximate surface area is 901 Å². The summed E-state index contributed by atoms with van der Waals surface area (Å²) in [6.45, 7) is 15.0. The lowest BCUT2D eigenvalue weighted by atomic mass is 10.1. The predicted molar refractivity (Wildman–Crippen MR) is 576 cm³/mol. The molecule has 1 aliphatic rings. The third-order valence-electron chi connectivity index (χ3n) is 19.0. The molecule has 0 saturated heterocycles. The molecule has 1 heterocycles. The van der Waals surface area contributed by atoms with Crippen LogP contribution in [0, 0.1) is 26.6 Å². The van der Waals surface area contributed by atoms with E-state index in [0.29, 0.717) is 148 Å². The zero-order valence-corrected chi connectivity index (χ0v) is 90.0. The molecule has 16 N–H and O–H groups in total. The smallest absolute Gasteiger partial charge is 0.341 e. The van der Waals surface area contributed by atoms with E-state index in [4.69, 9.17) is 78.4 Å². The molecule has 0 aromatic heterocycles. The minimum absolute atomic E-state index is 0.0296. The largest absolute Gasteiger partial charge is 0.504 e. The molecular weight excluding hydrogens is 2350 g/mol. The van der Waals surface area contributed by atoms with Crippen LogP contribution in [0.3, 0.4) is 0 Å². The van der Waals surface area contributed by atoms with Crippen molar-refractivity contribution in [2.24, 2.45) is 30.6 Å². The van der Waals surface area contributed by atoms with Crippen molar-refractivity contribution < 1.29 is 112 Å². The zero-order chi connectivity index (χ0) is 107. The Kier molecular flexibility index (Phi) is 47.2. The number of nitrogen functional groups attached to an aromatic ring is 1. The van der Waals surface area contributed by atoms with Gasteiger partial charge in [-0.1, -0.05) is 135 Å². The number of hydrogen-bond acceptors (Lipinski definition) is 29. The number of imide groups is 1. The van der Waals surface area contributed by atoms with Gasteiger partial charge in [0.2, 0.25) is 0 Å². The summed E-state index contributed by atoms with van der Waals surface area (Å²) in [5, 5.41) is 95.2. The number of halogens is 10. The first-order valence-electron chi connectivity index (χ1n) is 42.8. The lowest BCUT2D eigenvalue weighted by Gasteiger charge is -2.18. The molecule has 0 bridgehead atoms. The van der Waals surface area contributed by atoms with Gasteiger partial charge < -0.3 is 79.4 Å². The molecule has 0 atom stereocenters. The number of nitrogens with two attached hydrogens (primary N) is 1. The standard InChI is InChI=1S/C21H23Cl2N3O5.C18H17BrN2O5.C16H14BrFN2O3.C16H16BrN3O3.C15H11Br2ClN2O3.C14H11BrN2O3/c1-5-30-16-8-15(22)18(23)14(19(16)28)9-24-26-21(29)25-17(27)10-31-20-12(3)7-6-11(2)13(20)4;1-2-24-16-9-13(19)7-12(17(16)22)10-20-21-18(23)11-3-4-14-15(8-11)26-6-5-25-14;1-2-23-14-8-12(17)7-11(15(14)21)9-19-20-16(22)10-3-5-13(18)6-4-10;1-2-23-14-8-11(17)7-10(15(14)21)9-19-20-16(22)12-5-3-4-6-13(12)18;1-23-12-6-11(16)13(17)10(14(12)21)7-19-20-15(22)8-2-4-9(18)5-3-8;15-11-5-1-3-9(7-11)14(20)17-16-8-10-4-2-6-12(18)13(10)19/h6-9,28H,5,10H2,1-4H3,(H2,25,26,27,29);3-4,7-10,22H,2,5-6H2,1H3,(H,21,23);3-9,21H,2H2,1H3,(H,20,22);3-9,21H,2,18H2,1H3,(H,20,22);2-7,21H,1H3,(H,20,22);1-8,18-19H,(H,17,20)/b24-9+;20-10+;2*19-9+;19-7+;16-8+. The Hall–Kier alpha value is -14.6. The van der Waals surface area contributed by atoms with Crippen LogP contribution in [0.4, 0.5) is 14.9 Å². The molecule has 0 saturated carbocycles. The molecule has 0 aliphatic carbocycles. The van der Waals surface area contributed by atoms with E-state index in [-0.39, 0.29) is 85.4 Å². The number of fused-ring (bicyclic) bond motifs is 1. The molecule has 1 aliphatic heterocycles. The van der Waals surface area contributed by atoms with Crippen LogP contribution in [0.1, 0.15) is 130 Å². The number of urea groups is 1. The summed E-state index contributed by atoms with van der Waals surface area (Å²) in [5.41, 5.74) is 26.6. The number of benzene rings is 12. The highest BCUT2D eigenvalue weighted by Gasteiger charge is 2.22. The number of para-hydroxylation sites is 2. The number of hydrazone groups is 6. The Morgan fingerprint density at radius 1 is 0.418 bits per heavy atom. The molecule has 0 fully saturated rings. The van der Waals surface area contributed by atoms with Crippen molar-refractivity contribution in [3.8, 4) is 86.2 Å². The van der Waals surface area contributed by atoms with Gasteiger partial charge in [0.25, 0.3) is 35.4 Å². The number of aryl methyl sites for hydroxylation is 2. The van der Waals surface area contributed by atoms with Crippen LogP contribution in [0.5, 0.6) is 86.2 Å². The van der Waals surface area contributed by atoms with Crippen molar-refractivity contribution in [1.82, 2.24) is 37.9 Å². The third kappa shape index (κ3) is 35.7. The van der Waals surface area contributed by atoms with E-state index >= 15 is 0 Å². The summed E-state index contributed by atoms with van der Waals surface area (Å²) < 4.78 is 59.7. The van der Waals surface area contributed by atoms with E-state index in [1.165, 1.54) is 74.6 Å². The average Bonchev–Trinajstić information content (AvgIpc) is 0.802. The molecular formula is C100H92Br6Cl3FN14O22. The van der Waals surface area contributed by atoms with Gasteiger partial charge in [-0.2, -0.15) is 30.6 Å². The summed E-state index contributed by atoms with van der Waals surface area (Å²) in [6, 6.07) is 50.3. The molecule has 0 radical (unpaired) electrons. The van der Waals surface area contributed by atoms with Crippen LogP contribution in [-0.2, 0) is 4.79 Å². The number of phenols is 7. The number of ether oxygens (including phenoxy) is 8. The maximum absolute atomic E-state index is 12.8. The molecule has 764 valence electrons. The van der Waals surface area contributed by atoms with Crippen LogP contribution < -0.4 is 81.5 Å². The topological polar surface area (TPSA) is 519 Å². The quantitative estimate of drug-likeness (QED) is 0.00896. The number of amides is 8. The second-order valence-corrected chi connectivity index (χ2v) is 35.7. The van der Waals surface area contributed by atoms with Crippen molar-refractivity contribution in [2.75, 3.05) is 59.1 Å². The molecule has 146 heavy (non-hydrogen) atoms. The minimum Gasteiger partial charge on any atom is -0.504 e. The normalized spacial score (nSPS) is 11.1. The second kappa shape index (κ2) is 59.0. The molecule has 12 aromatic rings. The number of phenolic OH excluding ortho intramolecular Hbond substituents is 7. The number of nitrogens with zero attached hydrogens (tertiary/aromatic N) is 6. The Morgan fingerprint density at radius 3 is 1.37 bits per heavy atom. The second-order valence-electron chi connectivity index (χ2n) is 29.2. The highest BCUT2D eigenvalue weighted by atomic mass is 79.9. The maximum Gasteiger partial charge on any atom is 0.341 e. The fraction of sp³-hybridized carbons (Fsp3) is 0.150. The minimum atomic E-state index is -0.884. The van der Waals surface area contributed by atoms with Crippen LogP contribution in [0.2, 0.25) is 15.1 Å². The zero-order valence-electron chi connectivity index (χ0n) is 78.2. The van der Waals surface area contributed by atoms with Crippen molar-refractivity contribution in [3.05, 3.63) is 320 Å². The number of anilines is 1. The van der Waals surface area contributed by atoms with E-state index in [0.717, 1.165) is 36.3 Å². The predicted octanol–water partition coefficient (Wildman–Crippen LogP) is 20.7. The fourth-order valence-electron chi connectivity index (χ4n) is 11.9. The Morgan fingerprint density at radius 2 is 0.856 bits per heavy atom.